The second kappa shape index (κ2) is 9.44. The van der Waals surface area contributed by atoms with Gasteiger partial charge in [-0.2, -0.15) is 0 Å². The monoisotopic (exact) mass is 434 g/mol. The molecule has 6 heteroatoms. The van der Waals surface area contributed by atoms with E-state index in [1.807, 2.05) is 12.1 Å². The maximum atomic E-state index is 5.81. The zero-order valence-corrected chi connectivity index (χ0v) is 17.7. The van der Waals surface area contributed by atoms with Gasteiger partial charge in [-0.3, -0.25) is 4.90 Å². The van der Waals surface area contributed by atoms with Crippen molar-refractivity contribution in [3.05, 3.63) is 52.0 Å². The topological polar surface area (TPSA) is 43.0 Å². The summed E-state index contributed by atoms with van der Waals surface area (Å²) in [4.78, 5) is 2.50. The van der Waals surface area contributed by atoms with Crippen molar-refractivity contribution in [2.75, 3.05) is 47.5 Å². The summed E-state index contributed by atoms with van der Waals surface area (Å²) >= 11 is 3.75. The van der Waals surface area contributed by atoms with E-state index >= 15 is 0 Å². The Kier molecular flexibility index (Phi) is 6.99. The molecule has 1 aliphatic heterocycles. The van der Waals surface area contributed by atoms with Crippen molar-refractivity contribution < 1.29 is 14.2 Å². The standard InChI is InChI=1S/C21H27BrN2O3/c1-25-18-10-9-16(20(26-2)21(18)27-3)19(15-7-4-5-8-17(15)22)24-13-6-11-23-12-14-24/h4-5,7-10,19,23H,6,11-14H2,1-3H3. The van der Waals surface area contributed by atoms with Gasteiger partial charge in [0.25, 0.3) is 0 Å². The van der Waals surface area contributed by atoms with Gasteiger partial charge in [-0.15, -0.1) is 0 Å². The van der Waals surface area contributed by atoms with E-state index in [2.05, 4.69) is 50.4 Å². The van der Waals surface area contributed by atoms with Crippen molar-refractivity contribution in [2.24, 2.45) is 0 Å². The fraction of sp³-hybridized carbons (Fsp3) is 0.429. The number of benzene rings is 2. The fourth-order valence-corrected chi connectivity index (χ4v) is 4.22. The molecule has 27 heavy (non-hydrogen) atoms. The maximum absolute atomic E-state index is 5.81. The van der Waals surface area contributed by atoms with Crippen molar-refractivity contribution >= 4 is 15.9 Å². The van der Waals surface area contributed by atoms with E-state index in [1.165, 1.54) is 5.56 Å². The molecule has 0 spiro atoms. The highest BCUT2D eigenvalue weighted by atomic mass is 79.9. The molecule has 2 aromatic rings. The average molecular weight is 435 g/mol. The van der Waals surface area contributed by atoms with Gasteiger partial charge in [0.15, 0.2) is 11.5 Å². The zero-order chi connectivity index (χ0) is 19.2. The highest BCUT2D eigenvalue weighted by molar-refractivity contribution is 9.10. The van der Waals surface area contributed by atoms with Gasteiger partial charge in [0.1, 0.15) is 0 Å². The van der Waals surface area contributed by atoms with E-state index in [-0.39, 0.29) is 6.04 Å². The molecule has 1 heterocycles. The zero-order valence-electron chi connectivity index (χ0n) is 16.1. The molecule has 0 aromatic heterocycles. The Morgan fingerprint density at radius 1 is 0.889 bits per heavy atom. The number of nitrogens with zero attached hydrogens (tertiary/aromatic N) is 1. The van der Waals surface area contributed by atoms with Gasteiger partial charge in [-0.1, -0.05) is 34.1 Å². The first-order valence-electron chi connectivity index (χ1n) is 9.19. The number of rotatable bonds is 6. The summed E-state index contributed by atoms with van der Waals surface area (Å²) in [7, 11) is 4.97. The van der Waals surface area contributed by atoms with E-state index in [4.69, 9.17) is 14.2 Å². The van der Waals surface area contributed by atoms with Gasteiger partial charge in [-0.05, 0) is 36.7 Å². The minimum atomic E-state index is 0.0511. The van der Waals surface area contributed by atoms with E-state index < -0.39 is 0 Å². The summed E-state index contributed by atoms with van der Waals surface area (Å²) in [5.41, 5.74) is 2.29. The van der Waals surface area contributed by atoms with Gasteiger partial charge >= 0.3 is 0 Å². The second-order valence-electron chi connectivity index (χ2n) is 6.49. The van der Waals surface area contributed by atoms with Crippen LogP contribution in [0.25, 0.3) is 0 Å². The molecule has 5 nitrogen and oxygen atoms in total. The Hall–Kier alpha value is -1.76. The smallest absolute Gasteiger partial charge is 0.203 e. The molecule has 1 fully saturated rings. The van der Waals surface area contributed by atoms with E-state index in [9.17, 15) is 0 Å². The molecule has 1 aliphatic rings. The van der Waals surface area contributed by atoms with Gasteiger partial charge in [-0.25, -0.2) is 0 Å². The number of hydrogen-bond donors (Lipinski definition) is 1. The molecule has 146 valence electrons. The van der Waals surface area contributed by atoms with Crippen LogP contribution in [-0.2, 0) is 0 Å². The highest BCUT2D eigenvalue weighted by Gasteiger charge is 2.30. The van der Waals surface area contributed by atoms with Gasteiger partial charge in [0, 0.05) is 29.7 Å². The van der Waals surface area contributed by atoms with Crippen molar-refractivity contribution in [2.45, 2.75) is 12.5 Å². The maximum Gasteiger partial charge on any atom is 0.203 e. The normalized spacial score (nSPS) is 16.4. The lowest BCUT2D eigenvalue weighted by atomic mass is 9.95. The molecule has 0 aliphatic carbocycles. The lowest BCUT2D eigenvalue weighted by molar-refractivity contribution is 0.233. The van der Waals surface area contributed by atoms with Crippen LogP contribution in [0.4, 0.5) is 0 Å². The molecule has 1 saturated heterocycles. The third kappa shape index (κ3) is 4.23. The molecule has 3 rings (SSSR count). The number of nitrogens with one attached hydrogen (secondary N) is 1. The van der Waals surface area contributed by atoms with Crippen LogP contribution >= 0.6 is 15.9 Å². The minimum absolute atomic E-state index is 0.0511. The molecule has 1 unspecified atom stereocenters. The lowest BCUT2D eigenvalue weighted by Gasteiger charge is -2.33. The second-order valence-corrected chi connectivity index (χ2v) is 7.34. The van der Waals surface area contributed by atoms with Crippen LogP contribution < -0.4 is 19.5 Å². The van der Waals surface area contributed by atoms with E-state index in [0.29, 0.717) is 11.5 Å². The highest BCUT2D eigenvalue weighted by Crippen LogP contribution is 2.46. The summed E-state index contributed by atoms with van der Waals surface area (Å²) in [5.74, 6) is 2.01. The summed E-state index contributed by atoms with van der Waals surface area (Å²) in [5, 5.41) is 3.49. The average Bonchev–Trinajstić information content (AvgIpc) is 2.98. The Bertz CT molecular complexity index is 761. The van der Waals surface area contributed by atoms with E-state index in [0.717, 1.165) is 48.4 Å². The first-order valence-corrected chi connectivity index (χ1v) is 9.98. The van der Waals surface area contributed by atoms with Crippen LogP contribution in [0.3, 0.4) is 0 Å². The number of ether oxygens (including phenoxy) is 3. The fourth-order valence-electron chi connectivity index (χ4n) is 3.72. The Labute approximate surface area is 169 Å². The Balaban J connectivity index is 2.17. The summed E-state index contributed by atoms with van der Waals surface area (Å²) in [6, 6.07) is 12.5. The number of hydrogen-bond acceptors (Lipinski definition) is 5. The molecule has 0 radical (unpaired) electrons. The molecule has 1 N–H and O–H groups in total. The Morgan fingerprint density at radius 2 is 1.67 bits per heavy atom. The third-order valence-electron chi connectivity index (χ3n) is 4.97. The van der Waals surface area contributed by atoms with Crippen molar-refractivity contribution in [3.63, 3.8) is 0 Å². The quantitative estimate of drug-likeness (QED) is 0.747. The predicted octanol–water partition coefficient (Wildman–Crippen LogP) is 3.86. The summed E-state index contributed by atoms with van der Waals surface area (Å²) in [6.07, 6.45) is 1.11. The number of methoxy groups -OCH3 is 3. The minimum Gasteiger partial charge on any atom is -0.493 e. The molecular formula is C21H27BrN2O3. The van der Waals surface area contributed by atoms with Crippen LogP contribution in [0.5, 0.6) is 17.2 Å². The molecule has 0 bridgehead atoms. The van der Waals surface area contributed by atoms with Crippen molar-refractivity contribution in [1.82, 2.24) is 10.2 Å². The SMILES string of the molecule is COc1ccc(C(c2ccccc2Br)N2CCCNCC2)c(OC)c1OC. The van der Waals surface area contributed by atoms with Gasteiger partial charge in [0.05, 0.1) is 27.4 Å². The van der Waals surface area contributed by atoms with Crippen LogP contribution in [-0.4, -0.2) is 52.4 Å². The molecule has 0 amide bonds. The van der Waals surface area contributed by atoms with Crippen molar-refractivity contribution in [3.8, 4) is 17.2 Å². The van der Waals surface area contributed by atoms with Crippen LogP contribution in [0, 0.1) is 0 Å². The number of halogens is 1. The third-order valence-corrected chi connectivity index (χ3v) is 5.69. The van der Waals surface area contributed by atoms with E-state index in [1.54, 1.807) is 21.3 Å². The van der Waals surface area contributed by atoms with Gasteiger partial charge < -0.3 is 19.5 Å². The van der Waals surface area contributed by atoms with Crippen LogP contribution in [0.15, 0.2) is 40.9 Å². The molecule has 1 atom stereocenters. The summed E-state index contributed by atoms with van der Waals surface area (Å²) < 4.78 is 18.0. The predicted molar refractivity (Wildman–Crippen MR) is 111 cm³/mol. The first kappa shape index (κ1) is 20.0. The lowest BCUT2D eigenvalue weighted by Crippen LogP contribution is -2.33. The van der Waals surface area contributed by atoms with Crippen LogP contribution in [0.2, 0.25) is 0 Å². The largest absolute Gasteiger partial charge is 0.493 e. The molecule has 2 aromatic carbocycles. The van der Waals surface area contributed by atoms with Crippen molar-refractivity contribution in [1.29, 1.82) is 0 Å². The van der Waals surface area contributed by atoms with Gasteiger partial charge in [0.2, 0.25) is 5.75 Å². The first-order chi connectivity index (χ1) is 13.2. The molecular weight excluding hydrogens is 408 g/mol. The molecule has 0 saturated carbocycles. The Morgan fingerprint density at radius 3 is 2.37 bits per heavy atom. The van der Waals surface area contributed by atoms with Crippen LogP contribution in [0.1, 0.15) is 23.6 Å². The summed E-state index contributed by atoms with van der Waals surface area (Å²) in [6.45, 7) is 3.98.